The van der Waals surface area contributed by atoms with Crippen molar-refractivity contribution in [2.75, 3.05) is 26.2 Å². The van der Waals surface area contributed by atoms with Crippen LogP contribution in [-0.4, -0.2) is 42.5 Å². The monoisotopic (exact) mass is 177 g/mol. The molecule has 0 aromatic heterocycles. The highest BCUT2D eigenvalue weighted by atomic mass is 35.5. The summed E-state index contributed by atoms with van der Waals surface area (Å²) in [5, 5.41) is -0.386. The van der Waals surface area contributed by atoms with Crippen molar-refractivity contribution in [2.45, 2.75) is 13.0 Å². The second-order valence-corrected chi connectivity index (χ2v) is 2.93. The van der Waals surface area contributed by atoms with Crippen LogP contribution in [0.3, 0.4) is 0 Å². The minimum absolute atomic E-state index is 0.386. The zero-order valence-electron chi connectivity index (χ0n) is 6.55. The first kappa shape index (κ1) is 8.97. The Kier molecular flexibility index (Phi) is 3.30. The maximum atomic E-state index is 10.7. The first-order valence-corrected chi connectivity index (χ1v) is 4.15. The number of hydrogen-bond donors (Lipinski definition) is 0. The van der Waals surface area contributed by atoms with Crippen LogP contribution >= 0.6 is 11.6 Å². The summed E-state index contributed by atoms with van der Waals surface area (Å²) in [5.74, 6) is 0. The number of morpholine rings is 1. The Morgan fingerprint density at radius 2 is 2.55 bits per heavy atom. The number of rotatable bonds is 2. The van der Waals surface area contributed by atoms with Gasteiger partial charge in [-0.1, -0.05) is 6.92 Å². The van der Waals surface area contributed by atoms with Crippen molar-refractivity contribution >= 4 is 16.8 Å². The number of likely N-dealkylation sites (N-methyl/N-ethyl adjacent to an activating group) is 1. The fourth-order valence-corrected chi connectivity index (χ4v) is 1.26. The van der Waals surface area contributed by atoms with Crippen molar-refractivity contribution in [3.63, 3.8) is 0 Å². The highest BCUT2D eigenvalue weighted by Crippen LogP contribution is 2.06. The van der Waals surface area contributed by atoms with Crippen molar-refractivity contribution < 1.29 is 9.53 Å². The third-order valence-corrected chi connectivity index (χ3v) is 2.09. The van der Waals surface area contributed by atoms with Gasteiger partial charge in [-0.3, -0.25) is 9.69 Å². The Hall–Kier alpha value is -0.120. The first-order valence-electron chi connectivity index (χ1n) is 3.77. The number of nitrogens with zero attached hydrogens (tertiary/aromatic N) is 1. The lowest BCUT2D eigenvalue weighted by Crippen LogP contribution is -2.44. The van der Waals surface area contributed by atoms with Crippen LogP contribution in [0.2, 0.25) is 0 Å². The van der Waals surface area contributed by atoms with Crippen molar-refractivity contribution in [2.24, 2.45) is 0 Å². The third kappa shape index (κ3) is 2.43. The van der Waals surface area contributed by atoms with Gasteiger partial charge in [0.2, 0.25) is 0 Å². The maximum absolute atomic E-state index is 10.7. The van der Waals surface area contributed by atoms with Crippen molar-refractivity contribution in [1.82, 2.24) is 4.90 Å². The van der Waals surface area contributed by atoms with Gasteiger partial charge < -0.3 is 4.74 Å². The molecule has 0 radical (unpaired) electrons. The molecule has 1 unspecified atom stereocenters. The summed E-state index contributed by atoms with van der Waals surface area (Å²) in [6.07, 6.45) is -0.412. The van der Waals surface area contributed by atoms with E-state index in [0.29, 0.717) is 13.2 Å². The zero-order chi connectivity index (χ0) is 8.27. The Labute approximate surface area is 71.3 Å². The van der Waals surface area contributed by atoms with Gasteiger partial charge in [0.25, 0.3) is 5.24 Å². The normalized spacial score (nSPS) is 26.9. The number of carbonyl (C=O) groups excluding carboxylic acids is 1. The lowest BCUT2D eigenvalue weighted by molar-refractivity contribution is -0.127. The summed E-state index contributed by atoms with van der Waals surface area (Å²) in [6.45, 7) is 5.15. The van der Waals surface area contributed by atoms with Gasteiger partial charge in [-0.2, -0.15) is 0 Å². The maximum Gasteiger partial charge on any atom is 0.251 e. The van der Waals surface area contributed by atoms with E-state index in [4.69, 9.17) is 16.3 Å². The van der Waals surface area contributed by atoms with Gasteiger partial charge in [-0.05, 0) is 18.1 Å². The van der Waals surface area contributed by atoms with Gasteiger partial charge in [0, 0.05) is 13.1 Å². The lowest BCUT2D eigenvalue weighted by Gasteiger charge is -2.29. The Morgan fingerprint density at radius 1 is 1.82 bits per heavy atom. The molecule has 1 atom stereocenters. The van der Waals surface area contributed by atoms with Gasteiger partial charge in [-0.15, -0.1) is 0 Å². The highest BCUT2D eigenvalue weighted by Gasteiger charge is 2.23. The van der Waals surface area contributed by atoms with Gasteiger partial charge >= 0.3 is 0 Å². The highest BCUT2D eigenvalue weighted by molar-refractivity contribution is 6.64. The summed E-state index contributed by atoms with van der Waals surface area (Å²) < 4.78 is 5.15. The van der Waals surface area contributed by atoms with Gasteiger partial charge in [0.05, 0.1) is 6.61 Å². The molecule has 0 bridgehead atoms. The zero-order valence-corrected chi connectivity index (χ0v) is 7.30. The van der Waals surface area contributed by atoms with Crippen LogP contribution in [0.5, 0.6) is 0 Å². The molecule has 11 heavy (non-hydrogen) atoms. The van der Waals surface area contributed by atoms with Gasteiger partial charge in [-0.25, -0.2) is 0 Å². The molecule has 64 valence electrons. The molecule has 4 heteroatoms. The van der Waals surface area contributed by atoms with Crippen LogP contribution in [0.15, 0.2) is 0 Å². The minimum atomic E-state index is -0.412. The van der Waals surface area contributed by atoms with Crippen LogP contribution in [0.25, 0.3) is 0 Å². The van der Waals surface area contributed by atoms with E-state index in [0.717, 1.165) is 13.1 Å². The van der Waals surface area contributed by atoms with E-state index in [1.54, 1.807) is 0 Å². The molecule has 0 amide bonds. The molecule has 1 aliphatic heterocycles. The van der Waals surface area contributed by atoms with Gasteiger partial charge in [0.1, 0.15) is 6.10 Å². The van der Waals surface area contributed by atoms with Gasteiger partial charge in [0.15, 0.2) is 0 Å². The Balaban J connectivity index is 2.39. The molecule has 0 aromatic rings. The van der Waals surface area contributed by atoms with E-state index < -0.39 is 6.10 Å². The number of carbonyl (C=O) groups is 1. The molecule has 1 heterocycles. The Morgan fingerprint density at radius 3 is 3.09 bits per heavy atom. The minimum Gasteiger partial charge on any atom is -0.366 e. The number of halogens is 1. The summed E-state index contributed by atoms with van der Waals surface area (Å²) in [4.78, 5) is 12.8. The van der Waals surface area contributed by atoms with E-state index >= 15 is 0 Å². The van der Waals surface area contributed by atoms with Crippen LogP contribution in [0, 0.1) is 0 Å². The fraction of sp³-hybridized carbons (Fsp3) is 0.857. The smallest absolute Gasteiger partial charge is 0.251 e. The predicted octanol–water partition coefficient (Wildman–Crippen LogP) is 0.472. The molecule has 0 aromatic carbocycles. The second-order valence-electron chi connectivity index (χ2n) is 2.56. The predicted molar refractivity (Wildman–Crippen MR) is 42.7 cm³/mol. The van der Waals surface area contributed by atoms with Crippen LogP contribution < -0.4 is 0 Å². The van der Waals surface area contributed by atoms with E-state index in [-0.39, 0.29) is 5.24 Å². The summed E-state index contributed by atoms with van der Waals surface area (Å²) in [5.41, 5.74) is 0. The standard InChI is InChI=1S/C7H12ClNO2/c1-2-9-3-4-11-6(5-9)7(8)10/h6H,2-5H2,1H3. The SMILES string of the molecule is CCN1CCOC(C(=O)Cl)C1. The van der Waals surface area contributed by atoms with Crippen LogP contribution in [-0.2, 0) is 9.53 Å². The second kappa shape index (κ2) is 4.04. The molecule has 1 fully saturated rings. The van der Waals surface area contributed by atoms with Crippen molar-refractivity contribution in [3.05, 3.63) is 0 Å². The average molecular weight is 178 g/mol. The molecule has 0 aliphatic carbocycles. The molecule has 0 saturated carbocycles. The van der Waals surface area contributed by atoms with E-state index in [2.05, 4.69) is 11.8 Å². The Bertz CT molecular complexity index is 151. The summed E-state index contributed by atoms with van der Waals surface area (Å²) >= 11 is 5.29. The molecule has 1 rings (SSSR count). The molecular formula is C7H12ClNO2. The molecule has 1 saturated heterocycles. The summed E-state index contributed by atoms with van der Waals surface area (Å²) in [6, 6.07) is 0. The molecule has 1 aliphatic rings. The molecule has 3 nitrogen and oxygen atoms in total. The van der Waals surface area contributed by atoms with E-state index in [1.807, 2.05) is 0 Å². The molecule has 0 spiro atoms. The summed E-state index contributed by atoms with van der Waals surface area (Å²) in [7, 11) is 0. The van der Waals surface area contributed by atoms with Crippen LogP contribution in [0.4, 0.5) is 0 Å². The molecule has 0 N–H and O–H groups in total. The quantitative estimate of drug-likeness (QED) is 0.575. The van der Waals surface area contributed by atoms with Crippen molar-refractivity contribution in [3.8, 4) is 0 Å². The topological polar surface area (TPSA) is 29.5 Å². The third-order valence-electron chi connectivity index (χ3n) is 1.85. The van der Waals surface area contributed by atoms with E-state index in [9.17, 15) is 4.79 Å². The lowest BCUT2D eigenvalue weighted by atomic mass is 10.3. The van der Waals surface area contributed by atoms with Crippen molar-refractivity contribution in [1.29, 1.82) is 0 Å². The number of hydrogen-bond acceptors (Lipinski definition) is 3. The average Bonchev–Trinajstić information content (AvgIpc) is 2.05. The molecular weight excluding hydrogens is 166 g/mol. The van der Waals surface area contributed by atoms with E-state index in [1.165, 1.54) is 0 Å². The first-order chi connectivity index (χ1) is 5.24. The fourth-order valence-electron chi connectivity index (χ4n) is 1.13. The van der Waals surface area contributed by atoms with Crippen LogP contribution in [0.1, 0.15) is 6.92 Å². The largest absolute Gasteiger partial charge is 0.366 e. The number of ether oxygens (including phenoxy) is 1.